The van der Waals surface area contributed by atoms with E-state index in [4.69, 9.17) is 5.11 Å². The van der Waals surface area contributed by atoms with Crippen LogP contribution in [-0.2, 0) is 0 Å². The summed E-state index contributed by atoms with van der Waals surface area (Å²) in [5.74, 6) is -2.39. The van der Waals surface area contributed by atoms with Gasteiger partial charge in [-0.2, -0.15) is 0 Å². The monoisotopic (exact) mass is 254 g/mol. The highest BCUT2D eigenvalue weighted by molar-refractivity contribution is 7.17. The lowest BCUT2D eigenvalue weighted by atomic mass is 10.1. The third kappa shape index (κ3) is 2.34. The van der Waals surface area contributed by atoms with Gasteiger partial charge in [0.1, 0.15) is 16.5 Å². The summed E-state index contributed by atoms with van der Waals surface area (Å²) in [5, 5.41) is 8.84. The number of thiophene rings is 1. The second-order valence-corrected chi connectivity index (χ2v) is 4.64. The van der Waals surface area contributed by atoms with Gasteiger partial charge in [0.25, 0.3) is 0 Å². The number of aryl methyl sites for hydroxylation is 1. The van der Waals surface area contributed by atoms with Gasteiger partial charge in [-0.25, -0.2) is 13.6 Å². The van der Waals surface area contributed by atoms with Gasteiger partial charge in [-0.05, 0) is 36.2 Å². The van der Waals surface area contributed by atoms with Crippen LogP contribution in [0.3, 0.4) is 0 Å². The number of rotatable bonds is 2. The summed E-state index contributed by atoms with van der Waals surface area (Å²) < 4.78 is 26.1. The zero-order valence-electron chi connectivity index (χ0n) is 8.83. The normalized spacial score (nSPS) is 10.5. The molecule has 88 valence electrons. The molecular formula is C12H8F2O2S. The van der Waals surface area contributed by atoms with Crippen LogP contribution >= 0.6 is 11.3 Å². The van der Waals surface area contributed by atoms with Crippen molar-refractivity contribution in [1.82, 2.24) is 0 Å². The fourth-order valence-electron chi connectivity index (χ4n) is 1.56. The highest BCUT2D eigenvalue weighted by atomic mass is 32.1. The number of carboxylic acid groups (broad SMARTS) is 1. The first kappa shape index (κ1) is 11.7. The Balaban J connectivity index is 2.56. The van der Waals surface area contributed by atoms with E-state index in [1.165, 1.54) is 18.2 Å². The predicted octanol–water partition coefficient (Wildman–Crippen LogP) is 3.70. The Morgan fingerprint density at radius 2 is 1.76 bits per heavy atom. The van der Waals surface area contributed by atoms with E-state index in [1.54, 1.807) is 6.92 Å². The molecule has 5 heteroatoms. The first-order valence-electron chi connectivity index (χ1n) is 4.77. The molecular weight excluding hydrogens is 246 g/mol. The highest BCUT2D eigenvalue weighted by Crippen LogP contribution is 2.33. The Bertz CT molecular complexity index is 570. The van der Waals surface area contributed by atoms with Crippen molar-refractivity contribution in [2.24, 2.45) is 0 Å². The predicted molar refractivity (Wildman–Crippen MR) is 61.4 cm³/mol. The molecule has 0 saturated heterocycles. The Labute approximate surface area is 100 Å². The first-order valence-corrected chi connectivity index (χ1v) is 5.59. The fraction of sp³-hybridized carbons (Fsp3) is 0.0833. The maximum absolute atomic E-state index is 13.1. The zero-order valence-corrected chi connectivity index (χ0v) is 9.65. The lowest BCUT2D eigenvalue weighted by molar-refractivity contribution is 0.0702. The molecule has 2 rings (SSSR count). The molecule has 0 bridgehead atoms. The van der Waals surface area contributed by atoms with Gasteiger partial charge in [0, 0.05) is 10.9 Å². The minimum Gasteiger partial charge on any atom is -0.477 e. The van der Waals surface area contributed by atoms with Gasteiger partial charge >= 0.3 is 5.97 Å². The molecule has 0 spiro atoms. The van der Waals surface area contributed by atoms with Gasteiger partial charge in [-0.15, -0.1) is 11.3 Å². The van der Waals surface area contributed by atoms with Crippen molar-refractivity contribution in [3.63, 3.8) is 0 Å². The largest absolute Gasteiger partial charge is 0.477 e. The molecule has 17 heavy (non-hydrogen) atoms. The van der Waals surface area contributed by atoms with Crippen molar-refractivity contribution in [2.45, 2.75) is 6.92 Å². The second-order valence-electron chi connectivity index (χ2n) is 3.59. The van der Waals surface area contributed by atoms with E-state index >= 15 is 0 Å². The summed E-state index contributed by atoms with van der Waals surface area (Å²) in [6.07, 6.45) is 0. The van der Waals surface area contributed by atoms with Gasteiger partial charge in [0.05, 0.1) is 0 Å². The molecule has 0 amide bonds. The van der Waals surface area contributed by atoms with E-state index in [2.05, 4.69) is 0 Å². The minimum atomic E-state index is -1.04. The van der Waals surface area contributed by atoms with Crippen molar-refractivity contribution in [3.05, 3.63) is 46.3 Å². The Morgan fingerprint density at radius 1 is 1.18 bits per heavy atom. The van der Waals surface area contributed by atoms with Crippen molar-refractivity contribution in [1.29, 1.82) is 0 Å². The van der Waals surface area contributed by atoms with Crippen LogP contribution in [0.1, 0.15) is 15.2 Å². The summed E-state index contributed by atoms with van der Waals surface area (Å²) in [6, 6.07) is 4.65. The number of carboxylic acids is 1. The van der Waals surface area contributed by atoms with E-state index in [1.807, 2.05) is 0 Å². The lowest BCUT2D eigenvalue weighted by Gasteiger charge is -2.00. The van der Waals surface area contributed by atoms with Gasteiger partial charge in [0.15, 0.2) is 0 Å². The Hall–Kier alpha value is -1.75. The summed E-state index contributed by atoms with van der Waals surface area (Å²) in [4.78, 5) is 11.5. The molecule has 2 aromatic rings. The van der Waals surface area contributed by atoms with Crippen molar-refractivity contribution >= 4 is 17.3 Å². The summed E-state index contributed by atoms with van der Waals surface area (Å²) >= 11 is 1.01. The number of carbonyl (C=O) groups is 1. The molecule has 1 N–H and O–H groups in total. The number of aromatic carboxylic acids is 1. The Kier molecular flexibility index (Phi) is 2.93. The average molecular weight is 254 g/mol. The summed E-state index contributed by atoms with van der Waals surface area (Å²) in [7, 11) is 0. The van der Waals surface area contributed by atoms with Gasteiger partial charge in [-0.3, -0.25) is 0 Å². The third-order valence-corrected chi connectivity index (χ3v) is 3.53. The average Bonchev–Trinajstić information content (AvgIpc) is 2.59. The van der Waals surface area contributed by atoms with Crippen LogP contribution in [0.5, 0.6) is 0 Å². The maximum atomic E-state index is 13.1. The molecule has 0 aliphatic carbocycles. The SMILES string of the molecule is Cc1cc(C(=O)O)sc1-c1cc(F)cc(F)c1. The number of benzene rings is 1. The van der Waals surface area contributed by atoms with Crippen molar-refractivity contribution < 1.29 is 18.7 Å². The number of hydrogen-bond donors (Lipinski definition) is 1. The first-order chi connectivity index (χ1) is 7.97. The van der Waals surface area contributed by atoms with Crippen LogP contribution < -0.4 is 0 Å². The zero-order chi connectivity index (χ0) is 12.6. The molecule has 0 radical (unpaired) electrons. The van der Waals surface area contributed by atoms with E-state index < -0.39 is 17.6 Å². The molecule has 1 aromatic heterocycles. The van der Waals surface area contributed by atoms with Crippen LogP contribution in [-0.4, -0.2) is 11.1 Å². The molecule has 1 heterocycles. The standard InChI is InChI=1S/C12H8F2O2S/c1-6-2-10(12(15)16)17-11(6)7-3-8(13)5-9(14)4-7/h2-5H,1H3,(H,15,16). The van der Waals surface area contributed by atoms with Gasteiger partial charge in [0.2, 0.25) is 0 Å². The lowest BCUT2D eigenvalue weighted by Crippen LogP contribution is -1.89. The van der Waals surface area contributed by atoms with Crippen molar-refractivity contribution in [3.8, 4) is 10.4 Å². The fourth-order valence-corrected chi connectivity index (χ4v) is 2.56. The number of hydrogen-bond acceptors (Lipinski definition) is 2. The molecule has 1 aromatic carbocycles. The van der Waals surface area contributed by atoms with Gasteiger partial charge in [-0.1, -0.05) is 0 Å². The van der Waals surface area contributed by atoms with E-state index in [0.717, 1.165) is 17.4 Å². The second kappa shape index (κ2) is 4.25. The third-order valence-electron chi connectivity index (χ3n) is 2.25. The van der Waals surface area contributed by atoms with Crippen LogP contribution in [0.25, 0.3) is 10.4 Å². The summed E-state index contributed by atoms with van der Waals surface area (Å²) in [6.45, 7) is 1.71. The molecule has 0 aliphatic rings. The molecule has 0 saturated carbocycles. The molecule has 2 nitrogen and oxygen atoms in total. The highest BCUT2D eigenvalue weighted by Gasteiger charge is 2.13. The molecule has 0 atom stereocenters. The molecule has 0 unspecified atom stereocenters. The van der Waals surface area contributed by atoms with Crippen LogP contribution in [0.4, 0.5) is 8.78 Å². The summed E-state index contributed by atoms with van der Waals surface area (Å²) in [5.41, 5.74) is 1.05. The van der Waals surface area contributed by atoms with Crippen LogP contribution in [0, 0.1) is 18.6 Å². The molecule has 0 fully saturated rings. The van der Waals surface area contributed by atoms with Crippen molar-refractivity contribution in [2.75, 3.05) is 0 Å². The van der Waals surface area contributed by atoms with Crippen LogP contribution in [0.2, 0.25) is 0 Å². The quantitative estimate of drug-likeness (QED) is 0.887. The van der Waals surface area contributed by atoms with E-state index in [9.17, 15) is 13.6 Å². The maximum Gasteiger partial charge on any atom is 0.345 e. The van der Waals surface area contributed by atoms with Gasteiger partial charge < -0.3 is 5.11 Å². The van der Waals surface area contributed by atoms with E-state index in [0.29, 0.717) is 16.0 Å². The van der Waals surface area contributed by atoms with Crippen LogP contribution in [0.15, 0.2) is 24.3 Å². The topological polar surface area (TPSA) is 37.3 Å². The number of halogens is 2. The minimum absolute atomic E-state index is 0.155. The smallest absolute Gasteiger partial charge is 0.345 e. The Morgan fingerprint density at radius 3 is 2.24 bits per heavy atom. The van der Waals surface area contributed by atoms with E-state index in [-0.39, 0.29) is 4.88 Å². The molecule has 0 aliphatic heterocycles.